The van der Waals surface area contributed by atoms with Gasteiger partial charge in [-0.25, -0.2) is 4.98 Å². The first-order valence-corrected chi connectivity index (χ1v) is 7.32. The number of methoxy groups -OCH3 is 2. The van der Waals surface area contributed by atoms with Crippen LogP contribution in [0.25, 0.3) is 0 Å². The number of benzene rings is 1. The van der Waals surface area contributed by atoms with Gasteiger partial charge < -0.3 is 9.47 Å². The van der Waals surface area contributed by atoms with Crippen molar-refractivity contribution in [3.8, 4) is 11.5 Å². The molecule has 0 atom stereocenters. The molecule has 0 spiro atoms. The first kappa shape index (κ1) is 15.3. The van der Waals surface area contributed by atoms with Crippen LogP contribution in [0.4, 0.5) is 5.13 Å². The van der Waals surface area contributed by atoms with Crippen LogP contribution in [0.3, 0.4) is 0 Å². The van der Waals surface area contributed by atoms with Crippen molar-refractivity contribution in [2.24, 2.45) is 0 Å². The van der Waals surface area contributed by atoms with Crippen molar-refractivity contribution < 1.29 is 14.3 Å². The van der Waals surface area contributed by atoms with Gasteiger partial charge in [0.1, 0.15) is 0 Å². The van der Waals surface area contributed by atoms with Crippen molar-refractivity contribution in [3.05, 3.63) is 34.8 Å². The van der Waals surface area contributed by atoms with Gasteiger partial charge in [-0.05, 0) is 24.6 Å². The van der Waals surface area contributed by atoms with Crippen molar-refractivity contribution in [1.29, 1.82) is 0 Å². The van der Waals surface area contributed by atoms with Gasteiger partial charge in [-0.3, -0.25) is 9.69 Å². The van der Waals surface area contributed by atoms with E-state index in [-0.39, 0.29) is 12.3 Å². The van der Waals surface area contributed by atoms with Gasteiger partial charge in [-0.1, -0.05) is 6.07 Å². The van der Waals surface area contributed by atoms with E-state index in [0.717, 1.165) is 11.3 Å². The fourth-order valence-corrected chi connectivity index (χ4v) is 2.67. The topological polar surface area (TPSA) is 51.7 Å². The average Bonchev–Trinajstić information content (AvgIpc) is 2.92. The van der Waals surface area contributed by atoms with Gasteiger partial charge >= 0.3 is 0 Å². The molecule has 0 unspecified atom stereocenters. The van der Waals surface area contributed by atoms with E-state index >= 15 is 0 Å². The maximum absolute atomic E-state index is 12.3. The number of amides is 1. The maximum atomic E-state index is 12.3. The third-order valence-electron chi connectivity index (χ3n) is 3.07. The molecule has 1 amide bonds. The lowest BCUT2D eigenvalue weighted by molar-refractivity contribution is -0.117. The molecule has 1 heterocycles. The molecule has 0 aliphatic rings. The molecule has 21 heavy (non-hydrogen) atoms. The molecule has 1 aromatic heterocycles. The van der Waals surface area contributed by atoms with E-state index in [1.165, 1.54) is 11.3 Å². The molecular formula is C15H18N2O3S. The lowest BCUT2D eigenvalue weighted by Crippen LogP contribution is -2.27. The van der Waals surface area contributed by atoms with Crippen molar-refractivity contribution >= 4 is 22.4 Å². The first-order valence-electron chi connectivity index (χ1n) is 6.44. The number of likely N-dealkylation sites (N-methyl/N-ethyl adjacent to an activating group) is 1. The summed E-state index contributed by atoms with van der Waals surface area (Å²) in [6.45, 7) is 1.91. The number of thiazole rings is 1. The van der Waals surface area contributed by atoms with Crippen LogP contribution in [0.2, 0.25) is 0 Å². The highest BCUT2D eigenvalue weighted by molar-refractivity contribution is 7.14. The normalized spacial score (nSPS) is 10.3. The van der Waals surface area contributed by atoms with Crippen LogP contribution >= 0.6 is 11.3 Å². The van der Waals surface area contributed by atoms with Crippen LogP contribution in [0, 0.1) is 6.92 Å². The summed E-state index contributed by atoms with van der Waals surface area (Å²) < 4.78 is 10.4. The minimum Gasteiger partial charge on any atom is -0.493 e. The molecule has 1 aromatic carbocycles. The zero-order valence-corrected chi connectivity index (χ0v) is 13.4. The summed E-state index contributed by atoms with van der Waals surface area (Å²) in [5.41, 5.74) is 1.79. The number of hydrogen-bond donors (Lipinski definition) is 0. The van der Waals surface area contributed by atoms with E-state index in [2.05, 4.69) is 4.98 Å². The minimum absolute atomic E-state index is 0.0171. The molecule has 0 N–H and O–H groups in total. The number of aromatic nitrogens is 1. The minimum atomic E-state index is -0.0171. The molecule has 0 saturated carbocycles. The fraction of sp³-hybridized carbons (Fsp3) is 0.333. The van der Waals surface area contributed by atoms with Gasteiger partial charge in [0.2, 0.25) is 5.91 Å². The van der Waals surface area contributed by atoms with Crippen molar-refractivity contribution in [2.75, 3.05) is 26.2 Å². The van der Waals surface area contributed by atoms with E-state index in [4.69, 9.17) is 9.47 Å². The lowest BCUT2D eigenvalue weighted by atomic mass is 10.1. The summed E-state index contributed by atoms with van der Waals surface area (Å²) in [5.74, 6) is 1.25. The molecule has 0 radical (unpaired) electrons. The highest BCUT2D eigenvalue weighted by Crippen LogP contribution is 2.28. The summed E-state index contributed by atoms with van der Waals surface area (Å²) in [6.07, 6.45) is 0.287. The summed E-state index contributed by atoms with van der Waals surface area (Å²) in [5, 5.41) is 2.63. The van der Waals surface area contributed by atoms with Crippen LogP contribution in [-0.2, 0) is 11.2 Å². The molecule has 2 aromatic rings. The summed E-state index contributed by atoms with van der Waals surface area (Å²) >= 11 is 1.46. The van der Waals surface area contributed by atoms with Crippen molar-refractivity contribution in [3.63, 3.8) is 0 Å². The number of carbonyl (C=O) groups is 1. The van der Waals surface area contributed by atoms with Crippen LogP contribution in [0.1, 0.15) is 11.3 Å². The predicted octanol–water partition coefficient (Wildman–Crippen LogP) is 2.67. The Hall–Kier alpha value is -2.08. The third kappa shape index (κ3) is 3.52. The summed E-state index contributed by atoms with van der Waals surface area (Å²) in [6, 6.07) is 5.48. The number of nitrogens with zero attached hydrogens (tertiary/aromatic N) is 2. The van der Waals surface area contributed by atoms with Crippen LogP contribution in [0.15, 0.2) is 23.6 Å². The predicted molar refractivity (Wildman–Crippen MR) is 83.5 cm³/mol. The molecule has 0 bridgehead atoms. The highest BCUT2D eigenvalue weighted by Gasteiger charge is 2.15. The Balaban J connectivity index is 2.12. The van der Waals surface area contributed by atoms with Crippen LogP contribution in [0.5, 0.6) is 11.5 Å². The Morgan fingerprint density at radius 2 is 2.00 bits per heavy atom. The standard InChI is InChI=1S/C15H18N2O3S/c1-10-9-21-15(16-10)17(2)14(18)8-11-5-6-12(19-3)13(7-11)20-4/h5-7,9H,8H2,1-4H3. The SMILES string of the molecule is COc1ccc(CC(=O)N(C)c2nc(C)cs2)cc1OC. The third-order valence-corrected chi connectivity index (χ3v) is 4.11. The molecule has 0 fully saturated rings. The lowest BCUT2D eigenvalue weighted by Gasteiger charge is -2.14. The molecule has 5 nitrogen and oxygen atoms in total. The number of rotatable bonds is 5. The monoisotopic (exact) mass is 306 g/mol. The maximum Gasteiger partial charge on any atom is 0.232 e. The van der Waals surface area contributed by atoms with Crippen LogP contribution in [-0.4, -0.2) is 32.2 Å². The smallest absolute Gasteiger partial charge is 0.232 e. The van der Waals surface area contributed by atoms with Crippen molar-refractivity contribution in [2.45, 2.75) is 13.3 Å². The largest absolute Gasteiger partial charge is 0.493 e. The molecule has 0 aliphatic carbocycles. The average molecular weight is 306 g/mol. The second-order valence-electron chi connectivity index (χ2n) is 4.59. The second-order valence-corrected chi connectivity index (χ2v) is 5.43. The zero-order valence-electron chi connectivity index (χ0n) is 12.5. The Labute approximate surface area is 128 Å². The Kier molecular flexibility index (Phi) is 4.80. The van der Waals surface area contributed by atoms with Gasteiger partial charge in [-0.15, -0.1) is 11.3 Å². The fourth-order valence-electron chi connectivity index (χ4n) is 1.89. The number of anilines is 1. The van der Waals surface area contributed by atoms with E-state index in [1.807, 2.05) is 24.4 Å². The van der Waals surface area contributed by atoms with E-state index < -0.39 is 0 Å². The molecule has 112 valence electrons. The molecule has 6 heteroatoms. The second kappa shape index (κ2) is 6.58. The number of aryl methyl sites for hydroxylation is 1. The Morgan fingerprint density at radius 3 is 2.57 bits per heavy atom. The van der Waals surface area contributed by atoms with E-state index in [9.17, 15) is 4.79 Å². The van der Waals surface area contributed by atoms with Crippen LogP contribution < -0.4 is 14.4 Å². The molecule has 0 aliphatic heterocycles. The summed E-state index contributed by atoms with van der Waals surface area (Å²) in [4.78, 5) is 18.2. The Morgan fingerprint density at radius 1 is 1.29 bits per heavy atom. The molecular weight excluding hydrogens is 288 g/mol. The van der Waals surface area contributed by atoms with Gasteiger partial charge in [0.15, 0.2) is 16.6 Å². The number of ether oxygens (including phenoxy) is 2. The van der Waals surface area contributed by atoms with Gasteiger partial charge in [0.05, 0.1) is 26.3 Å². The van der Waals surface area contributed by atoms with Gasteiger partial charge in [-0.2, -0.15) is 0 Å². The van der Waals surface area contributed by atoms with Gasteiger partial charge in [0.25, 0.3) is 0 Å². The summed E-state index contributed by atoms with van der Waals surface area (Å²) in [7, 11) is 4.90. The molecule has 2 rings (SSSR count). The quantitative estimate of drug-likeness (QED) is 0.852. The number of carbonyl (C=O) groups excluding carboxylic acids is 1. The molecule has 0 saturated heterocycles. The number of hydrogen-bond acceptors (Lipinski definition) is 5. The highest BCUT2D eigenvalue weighted by atomic mass is 32.1. The first-order chi connectivity index (χ1) is 10.0. The van der Waals surface area contributed by atoms with E-state index in [0.29, 0.717) is 16.6 Å². The van der Waals surface area contributed by atoms with Gasteiger partial charge in [0, 0.05) is 12.4 Å². The Bertz CT molecular complexity index is 640. The van der Waals surface area contributed by atoms with Crippen molar-refractivity contribution in [1.82, 2.24) is 4.98 Å². The zero-order chi connectivity index (χ0) is 15.4. The van der Waals surface area contributed by atoms with E-state index in [1.54, 1.807) is 32.2 Å².